The van der Waals surface area contributed by atoms with Crippen LogP contribution in [0.2, 0.25) is 0 Å². The first-order chi connectivity index (χ1) is 22.1. The summed E-state index contributed by atoms with van der Waals surface area (Å²) >= 11 is 0. The Morgan fingerprint density at radius 1 is 0.511 bits per heavy atom. The van der Waals surface area contributed by atoms with Crippen LogP contribution < -0.4 is 0 Å². The second-order valence-electron chi connectivity index (χ2n) is 12.8. The lowest BCUT2D eigenvalue weighted by atomic mass is 10.1. The molecule has 0 heterocycles. The number of esters is 1. The molecule has 0 saturated heterocycles. The minimum Gasteiger partial charge on any atom is -0.481 e. The van der Waals surface area contributed by atoms with Gasteiger partial charge in [-0.05, 0) is 83.1 Å². The number of unbranched alkanes of at least 4 members (excludes halogenated alkanes) is 19. The topological polar surface area (TPSA) is 63.6 Å². The van der Waals surface area contributed by atoms with Gasteiger partial charge in [-0.15, -0.1) is 0 Å². The van der Waals surface area contributed by atoms with Crippen molar-refractivity contribution in [2.45, 2.75) is 200 Å². The average molecular weight is 629 g/mol. The molecule has 4 nitrogen and oxygen atoms in total. The standard InChI is InChI=1S/C41H72O4/c1-3-5-7-9-11-13-15-16-17-18-19-21-23-25-30-34-38-41(44)45-39(36-32-28-26-29-33-37-40(42)43)35-31-27-24-22-20-14-12-10-8-6-4-2/h12,14,17-18,22,24,31,35,39H,3-11,13,15-16,19-21,23,25-30,32-34,36-38H2,1-2H3,(H,42,43)/b14-12-,18-17-,24-22-,35-31-. The molecule has 0 aliphatic heterocycles. The maximum absolute atomic E-state index is 12.6. The zero-order valence-corrected chi connectivity index (χ0v) is 29.7. The molecule has 0 saturated carbocycles. The molecule has 260 valence electrons. The van der Waals surface area contributed by atoms with Gasteiger partial charge in [0.05, 0.1) is 0 Å². The fourth-order valence-electron chi connectivity index (χ4n) is 5.40. The summed E-state index contributed by atoms with van der Waals surface area (Å²) in [7, 11) is 0. The minimum absolute atomic E-state index is 0.0804. The Labute approximate surface area is 279 Å². The zero-order valence-electron chi connectivity index (χ0n) is 29.7. The maximum Gasteiger partial charge on any atom is 0.306 e. The summed E-state index contributed by atoms with van der Waals surface area (Å²) in [5.41, 5.74) is 0. The molecule has 1 unspecified atom stereocenters. The Bertz CT molecular complexity index is 763. The number of rotatable bonds is 34. The maximum atomic E-state index is 12.6. The molecule has 0 aromatic heterocycles. The number of allylic oxidation sites excluding steroid dienone is 7. The first-order valence-corrected chi connectivity index (χ1v) is 19.1. The highest BCUT2D eigenvalue weighted by Gasteiger charge is 2.11. The van der Waals surface area contributed by atoms with Gasteiger partial charge in [-0.1, -0.05) is 146 Å². The van der Waals surface area contributed by atoms with E-state index in [9.17, 15) is 9.59 Å². The Balaban J connectivity index is 4.17. The molecule has 0 bridgehead atoms. The SMILES string of the molecule is CCCCC/C=C\C/C=C\C/C=C\C(CCCCCCCC(=O)O)OC(=O)CCCCCCC/C=C\CCCCCCCCC. The van der Waals surface area contributed by atoms with E-state index < -0.39 is 5.97 Å². The highest BCUT2D eigenvalue weighted by atomic mass is 16.5. The van der Waals surface area contributed by atoms with Gasteiger partial charge in [-0.3, -0.25) is 9.59 Å². The molecule has 0 fully saturated rings. The van der Waals surface area contributed by atoms with Crippen molar-refractivity contribution in [3.05, 3.63) is 48.6 Å². The number of carbonyl (C=O) groups excluding carboxylic acids is 1. The van der Waals surface area contributed by atoms with Crippen LogP contribution in [0.3, 0.4) is 0 Å². The summed E-state index contributed by atoms with van der Waals surface area (Å²) in [5, 5.41) is 8.80. The van der Waals surface area contributed by atoms with Crippen LogP contribution in [-0.2, 0) is 14.3 Å². The summed E-state index contributed by atoms with van der Waals surface area (Å²) in [6.45, 7) is 4.51. The number of aliphatic carboxylic acids is 1. The molecule has 0 spiro atoms. The van der Waals surface area contributed by atoms with Crippen molar-refractivity contribution in [1.82, 2.24) is 0 Å². The molecule has 0 radical (unpaired) electrons. The summed E-state index contributed by atoms with van der Waals surface area (Å²) < 4.78 is 5.88. The molecule has 0 aliphatic carbocycles. The van der Waals surface area contributed by atoms with Gasteiger partial charge in [0.2, 0.25) is 0 Å². The van der Waals surface area contributed by atoms with Crippen LogP contribution in [0.25, 0.3) is 0 Å². The largest absolute Gasteiger partial charge is 0.481 e. The molecule has 0 aromatic rings. The highest BCUT2D eigenvalue weighted by molar-refractivity contribution is 5.69. The van der Waals surface area contributed by atoms with Gasteiger partial charge in [-0.25, -0.2) is 0 Å². The lowest BCUT2D eigenvalue weighted by Gasteiger charge is -2.14. The van der Waals surface area contributed by atoms with Gasteiger partial charge in [0, 0.05) is 12.8 Å². The molecule has 0 amide bonds. The molecule has 0 aromatic carbocycles. The third-order valence-corrected chi connectivity index (χ3v) is 8.26. The van der Waals surface area contributed by atoms with Crippen LogP contribution in [-0.4, -0.2) is 23.1 Å². The van der Waals surface area contributed by atoms with Gasteiger partial charge in [0.1, 0.15) is 6.10 Å². The van der Waals surface area contributed by atoms with Crippen LogP contribution >= 0.6 is 0 Å². The van der Waals surface area contributed by atoms with Gasteiger partial charge in [0.25, 0.3) is 0 Å². The minimum atomic E-state index is -0.717. The van der Waals surface area contributed by atoms with E-state index in [1.807, 2.05) is 0 Å². The van der Waals surface area contributed by atoms with Crippen LogP contribution in [0.4, 0.5) is 0 Å². The van der Waals surface area contributed by atoms with E-state index in [4.69, 9.17) is 9.84 Å². The van der Waals surface area contributed by atoms with E-state index in [0.717, 1.165) is 64.2 Å². The first kappa shape index (κ1) is 42.9. The third-order valence-electron chi connectivity index (χ3n) is 8.26. The second kappa shape index (κ2) is 36.4. The molecule has 45 heavy (non-hydrogen) atoms. The number of carboxylic acid groups (broad SMARTS) is 1. The van der Waals surface area contributed by atoms with Crippen molar-refractivity contribution < 1.29 is 19.4 Å². The van der Waals surface area contributed by atoms with Crippen molar-refractivity contribution in [3.63, 3.8) is 0 Å². The fraction of sp³-hybridized carbons (Fsp3) is 0.756. The van der Waals surface area contributed by atoms with Gasteiger partial charge < -0.3 is 9.84 Å². The number of hydrogen-bond acceptors (Lipinski definition) is 3. The van der Waals surface area contributed by atoms with E-state index in [1.54, 1.807) is 0 Å². The quantitative estimate of drug-likeness (QED) is 0.0437. The predicted octanol–water partition coefficient (Wildman–Crippen LogP) is 13.2. The van der Waals surface area contributed by atoms with Crippen molar-refractivity contribution in [3.8, 4) is 0 Å². The lowest BCUT2D eigenvalue weighted by molar-refractivity contribution is -0.147. The summed E-state index contributed by atoms with van der Waals surface area (Å²) in [6.07, 6.45) is 48.5. The summed E-state index contributed by atoms with van der Waals surface area (Å²) in [5.74, 6) is -0.797. The molecule has 0 aliphatic rings. The van der Waals surface area contributed by atoms with E-state index in [2.05, 4.69) is 62.5 Å². The first-order valence-electron chi connectivity index (χ1n) is 19.1. The van der Waals surface area contributed by atoms with Gasteiger partial charge >= 0.3 is 11.9 Å². The zero-order chi connectivity index (χ0) is 32.9. The fourth-order valence-corrected chi connectivity index (χ4v) is 5.40. The second-order valence-corrected chi connectivity index (χ2v) is 12.8. The van der Waals surface area contributed by atoms with E-state index >= 15 is 0 Å². The van der Waals surface area contributed by atoms with Gasteiger partial charge in [-0.2, -0.15) is 0 Å². The monoisotopic (exact) mass is 629 g/mol. The number of carboxylic acids is 1. The van der Waals surface area contributed by atoms with Gasteiger partial charge in [0.15, 0.2) is 0 Å². The smallest absolute Gasteiger partial charge is 0.306 e. The summed E-state index contributed by atoms with van der Waals surface area (Å²) in [6, 6.07) is 0. The highest BCUT2D eigenvalue weighted by Crippen LogP contribution is 2.15. The third kappa shape index (κ3) is 36.2. The Hall–Kier alpha value is -2.10. The van der Waals surface area contributed by atoms with E-state index in [0.29, 0.717) is 6.42 Å². The summed E-state index contributed by atoms with van der Waals surface area (Å²) in [4.78, 5) is 23.3. The van der Waals surface area contributed by atoms with Crippen LogP contribution in [0.1, 0.15) is 194 Å². The predicted molar refractivity (Wildman–Crippen MR) is 195 cm³/mol. The number of ether oxygens (including phenoxy) is 1. The van der Waals surface area contributed by atoms with Crippen molar-refractivity contribution in [2.75, 3.05) is 0 Å². The molecule has 1 atom stereocenters. The van der Waals surface area contributed by atoms with Crippen LogP contribution in [0, 0.1) is 0 Å². The van der Waals surface area contributed by atoms with E-state index in [1.165, 1.54) is 103 Å². The molecular weight excluding hydrogens is 556 g/mol. The van der Waals surface area contributed by atoms with Crippen molar-refractivity contribution in [2.24, 2.45) is 0 Å². The van der Waals surface area contributed by atoms with Crippen LogP contribution in [0.5, 0.6) is 0 Å². The molecule has 0 rings (SSSR count). The Morgan fingerprint density at radius 3 is 1.53 bits per heavy atom. The Kier molecular flexibility index (Phi) is 34.7. The normalized spacial score (nSPS) is 12.8. The van der Waals surface area contributed by atoms with Crippen molar-refractivity contribution >= 4 is 11.9 Å². The van der Waals surface area contributed by atoms with Crippen LogP contribution in [0.15, 0.2) is 48.6 Å². The van der Waals surface area contributed by atoms with Crippen molar-refractivity contribution in [1.29, 1.82) is 0 Å². The molecule has 4 heteroatoms. The Morgan fingerprint density at radius 2 is 0.933 bits per heavy atom. The number of carbonyl (C=O) groups is 2. The molecule has 1 N–H and O–H groups in total. The lowest BCUT2D eigenvalue weighted by Crippen LogP contribution is -2.16. The average Bonchev–Trinajstić information content (AvgIpc) is 3.02. The molecular formula is C41H72O4. The van der Waals surface area contributed by atoms with E-state index in [-0.39, 0.29) is 18.5 Å². The number of hydrogen-bond donors (Lipinski definition) is 1.